The summed E-state index contributed by atoms with van der Waals surface area (Å²) in [6.07, 6.45) is 1.18. The van der Waals surface area contributed by atoms with Crippen molar-refractivity contribution in [3.05, 3.63) is 65.9 Å². The van der Waals surface area contributed by atoms with E-state index in [4.69, 9.17) is 21.1 Å². The number of rotatable bonds is 8. The number of carbonyl (C=O) groups excluding carboxylic acids is 1. The fraction of sp³-hybridized carbons (Fsp3) is 0.105. The zero-order chi connectivity index (χ0) is 21.6. The normalized spacial score (nSPS) is 10.9. The highest BCUT2D eigenvalue weighted by Gasteiger charge is 2.16. The molecular formula is C19H17ClN4O5S. The van der Waals surface area contributed by atoms with Crippen molar-refractivity contribution in [3.8, 4) is 11.6 Å². The van der Waals surface area contributed by atoms with Gasteiger partial charge in [-0.3, -0.25) is 9.52 Å². The van der Waals surface area contributed by atoms with Gasteiger partial charge in [0.1, 0.15) is 17.9 Å². The summed E-state index contributed by atoms with van der Waals surface area (Å²) in [5, 5.41) is 3.01. The summed E-state index contributed by atoms with van der Waals surface area (Å²) in [5.41, 5.74) is 0.408. The van der Waals surface area contributed by atoms with Gasteiger partial charge in [0.2, 0.25) is 5.88 Å². The van der Waals surface area contributed by atoms with Crippen LogP contribution in [-0.2, 0) is 14.8 Å². The average molecular weight is 449 g/mol. The summed E-state index contributed by atoms with van der Waals surface area (Å²) < 4.78 is 37.6. The Kier molecular flexibility index (Phi) is 6.70. The number of benzene rings is 2. The van der Waals surface area contributed by atoms with Crippen molar-refractivity contribution >= 4 is 39.0 Å². The molecule has 0 unspecified atom stereocenters. The third-order valence-electron chi connectivity index (χ3n) is 3.73. The van der Waals surface area contributed by atoms with Gasteiger partial charge in [-0.15, -0.1) is 0 Å². The number of ether oxygens (including phenoxy) is 2. The van der Waals surface area contributed by atoms with Gasteiger partial charge in [0.15, 0.2) is 6.61 Å². The highest BCUT2D eigenvalue weighted by Crippen LogP contribution is 2.23. The Bertz CT molecular complexity index is 1140. The second-order valence-electron chi connectivity index (χ2n) is 5.84. The monoisotopic (exact) mass is 448 g/mol. The standard InChI is InChI=1S/C19H17ClN4O5S/c1-28-19-10-17(21-12-22-19)24-30(26,27)14-8-6-13(7-9-14)23-18(25)11-29-16-5-3-2-4-15(16)20/h2-10,12H,11H2,1H3,(H,23,25)(H,21,22,24). The maximum atomic E-state index is 12.5. The second kappa shape index (κ2) is 9.42. The van der Waals surface area contributed by atoms with Crippen molar-refractivity contribution in [2.75, 3.05) is 23.8 Å². The van der Waals surface area contributed by atoms with Gasteiger partial charge in [0, 0.05) is 11.8 Å². The van der Waals surface area contributed by atoms with E-state index < -0.39 is 15.9 Å². The van der Waals surface area contributed by atoms with Crippen molar-refractivity contribution in [3.63, 3.8) is 0 Å². The first-order valence-electron chi connectivity index (χ1n) is 8.53. The van der Waals surface area contributed by atoms with Crippen LogP contribution in [0.5, 0.6) is 11.6 Å². The van der Waals surface area contributed by atoms with Crippen molar-refractivity contribution < 1.29 is 22.7 Å². The summed E-state index contributed by atoms with van der Waals surface area (Å²) in [6.45, 7) is -0.249. The van der Waals surface area contributed by atoms with E-state index in [1.807, 2.05) is 0 Å². The van der Waals surface area contributed by atoms with Crippen molar-refractivity contribution in [1.29, 1.82) is 0 Å². The number of nitrogens with zero attached hydrogens (tertiary/aromatic N) is 2. The Labute approximate surface area is 178 Å². The second-order valence-corrected chi connectivity index (χ2v) is 7.93. The molecule has 3 aromatic rings. The molecule has 0 saturated carbocycles. The molecule has 1 amide bonds. The van der Waals surface area contributed by atoms with Crippen LogP contribution in [0.15, 0.2) is 65.8 Å². The smallest absolute Gasteiger partial charge is 0.263 e. The molecule has 0 atom stereocenters. The van der Waals surface area contributed by atoms with Gasteiger partial charge in [0.25, 0.3) is 15.9 Å². The lowest BCUT2D eigenvalue weighted by molar-refractivity contribution is -0.118. The Morgan fingerprint density at radius 3 is 2.53 bits per heavy atom. The predicted molar refractivity (Wildman–Crippen MR) is 111 cm³/mol. The first kappa shape index (κ1) is 21.3. The van der Waals surface area contributed by atoms with Crippen LogP contribution in [0.25, 0.3) is 0 Å². The van der Waals surface area contributed by atoms with Crippen molar-refractivity contribution in [2.45, 2.75) is 4.90 Å². The summed E-state index contributed by atoms with van der Waals surface area (Å²) in [5.74, 6) is 0.260. The lowest BCUT2D eigenvalue weighted by Gasteiger charge is -2.10. The van der Waals surface area contributed by atoms with Crippen LogP contribution in [0, 0.1) is 0 Å². The molecule has 0 fully saturated rings. The number of carbonyl (C=O) groups is 1. The topological polar surface area (TPSA) is 120 Å². The van der Waals surface area contributed by atoms with Gasteiger partial charge in [-0.2, -0.15) is 0 Å². The summed E-state index contributed by atoms with van der Waals surface area (Å²) >= 11 is 5.97. The maximum absolute atomic E-state index is 12.5. The molecule has 0 aliphatic rings. The van der Waals surface area contributed by atoms with Crippen molar-refractivity contribution in [2.24, 2.45) is 0 Å². The number of amides is 1. The van der Waals surface area contributed by atoms with Crippen LogP contribution >= 0.6 is 11.6 Å². The predicted octanol–water partition coefficient (Wildman–Crippen LogP) is 2.96. The van der Waals surface area contributed by atoms with Gasteiger partial charge in [-0.1, -0.05) is 23.7 Å². The molecule has 2 N–H and O–H groups in total. The first-order chi connectivity index (χ1) is 14.4. The number of anilines is 2. The molecule has 3 rings (SSSR count). The Hall–Kier alpha value is -3.37. The average Bonchev–Trinajstić information content (AvgIpc) is 2.73. The minimum Gasteiger partial charge on any atom is -0.482 e. The summed E-state index contributed by atoms with van der Waals surface area (Å²) in [6, 6.07) is 13.8. The number of aromatic nitrogens is 2. The minimum atomic E-state index is -3.88. The molecule has 1 aromatic heterocycles. The molecule has 9 nitrogen and oxygen atoms in total. The highest BCUT2D eigenvalue weighted by atomic mass is 35.5. The molecule has 0 radical (unpaired) electrons. The number of methoxy groups -OCH3 is 1. The van der Waals surface area contributed by atoms with E-state index in [2.05, 4.69) is 20.0 Å². The third kappa shape index (κ3) is 5.58. The van der Waals surface area contributed by atoms with Crippen LogP contribution in [0.2, 0.25) is 5.02 Å². The van der Waals surface area contributed by atoms with E-state index in [-0.39, 0.29) is 23.2 Å². The lowest BCUT2D eigenvalue weighted by Crippen LogP contribution is -2.20. The summed E-state index contributed by atoms with van der Waals surface area (Å²) in [4.78, 5) is 19.7. The van der Waals surface area contributed by atoms with Gasteiger partial charge in [-0.05, 0) is 36.4 Å². The summed E-state index contributed by atoms with van der Waals surface area (Å²) in [7, 11) is -2.47. The number of nitrogens with one attached hydrogen (secondary N) is 2. The van der Waals surface area contributed by atoms with Crippen molar-refractivity contribution in [1.82, 2.24) is 9.97 Å². The molecule has 2 aromatic carbocycles. The van der Waals surface area contributed by atoms with E-state index in [0.29, 0.717) is 16.5 Å². The van der Waals surface area contributed by atoms with Crippen LogP contribution in [0.3, 0.4) is 0 Å². The van der Waals surface area contributed by atoms with E-state index in [1.165, 1.54) is 43.8 Å². The van der Waals surface area contributed by atoms with Gasteiger partial charge >= 0.3 is 0 Å². The molecular weight excluding hydrogens is 432 g/mol. The number of hydrogen-bond donors (Lipinski definition) is 2. The zero-order valence-corrected chi connectivity index (χ0v) is 17.3. The molecule has 0 aliphatic carbocycles. The Balaban J connectivity index is 1.61. The van der Waals surface area contributed by atoms with E-state index in [0.717, 1.165) is 0 Å². The lowest BCUT2D eigenvalue weighted by atomic mass is 10.3. The van der Waals surface area contributed by atoms with Crippen LogP contribution in [-0.4, -0.2) is 38.0 Å². The molecule has 11 heteroatoms. The maximum Gasteiger partial charge on any atom is 0.263 e. The molecule has 156 valence electrons. The molecule has 1 heterocycles. The van der Waals surface area contributed by atoms with Crippen LogP contribution in [0.1, 0.15) is 0 Å². The van der Waals surface area contributed by atoms with E-state index in [1.54, 1.807) is 24.3 Å². The molecule has 0 bridgehead atoms. The van der Waals surface area contributed by atoms with E-state index in [9.17, 15) is 13.2 Å². The van der Waals surface area contributed by atoms with Crippen LogP contribution in [0.4, 0.5) is 11.5 Å². The fourth-order valence-electron chi connectivity index (χ4n) is 2.32. The van der Waals surface area contributed by atoms with E-state index >= 15 is 0 Å². The Morgan fingerprint density at radius 2 is 1.83 bits per heavy atom. The SMILES string of the molecule is COc1cc(NS(=O)(=O)c2ccc(NC(=O)COc3ccccc3Cl)cc2)ncn1. The zero-order valence-electron chi connectivity index (χ0n) is 15.7. The number of hydrogen-bond acceptors (Lipinski definition) is 7. The number of halogens is 1. The molecule has 30 heavy (non-hydrogen) atoms. The van der Waals surface area contributed by atoms with Gasteiger partial charge in [0.05, 0.1) is 17.0 Å². The minimum absolute atomic E-state index is 0.00889. The first-order valence-corrected chi connectivity index (χ1v) is 10.4. The number of para-hydroxylation sites is 1. The van der Waals surface area contributed by atoms with Crippen LogP contribution < -0.4 is 19.5 Å². The third-order valence-corrected chi connectivity index (χ3v) is 5.42. The van der Waals surface area contributed by atoms with Gasteiger partial charge < -0.3 is 14.8 Å². The fourth-order valence-corrected chi connectivity index (χ4v) is 3.51. The molecule has 0 spiro atoms. The van der Waals surface area contributed by atoms with Gasteiger partial charge in [-0.25, -0.2) is 18.4 Å². The largest absolute Gasteiger partial charge is 0.482 e. The highest BCUT2D eigenvalue weighted by molar-refractivity contribution is 7.92. The quantitative estimate of drug-likeness (QED) is 0.543. The molecule has 0 saturated heterocycles. The Morgan fingerprint density at radius 1 is 1.10 bits per heavy atom. The number of sulfonamides is 1. The molecule has 0 aliphatic heterocycles.